The maximum absolute atomic E-state index is 12.6. The molecule has 0 radical (unpaired) electrons. The Morgan fingerprint density at radius 1 is 1.26 bits per heavy atom. The average Bonchev–Trinajstić information content (AvgIpc) is 2.59. The number of ether oxygens (including phenoxy) is 1. The Balaban J connectivity index is 1.93. The molecule has 5 nitrogen and oxygen atoms in total. The van der Waals surface area contributed by atoms with E-state index >= 15 is 0 Å². The van der Waals surface area contributed by atoms with Crippen LogP contribution >= 0.6 is 11.8 Å². The molecule has 0 unspecified atom stereocenters. The fourth-order valence-electron chi connectivity index (χ4n) is 2.52. The van der Waals surface area contributed by atoms with Gasteiger partial charge >= 0.3 is 0 Å². The van der Waals surface area contributed by atoms with Gasteiger partial charge in [-0.15, -0.1) is 0 Å². The number of amides is 2. The van der Waals surface area contributed by atoms with Crippen LogP contribution in [0.3, 0.4) is 0 Å². The Hall–Kier alpha value is -1.53. The number of rotatable bonds is 7. The molecule has 1 aromatic carbocycles. The van der Waals surface area contributed by atoms with Crippen molar-refractivity contribution in [3.05, 3.63) is 35.9 Å². The van der Waals surface area contributed by atoms with Gasteiger partial charge in [-0.05, 0) is 24.0 Å². The molecule has 23 heavy (non-hydrogen) atoms. The summed E-state index contributed by atoms with van der Waals surface area (Å²) in [5.74, 6) is 0.736. The van der Waals surface area contributed by atoms with E-state index in [0.717, 1.165) is 11.3 Å². The highest BCUT2D eigenvalue weighted by molar-refractivity contribution is 7.98. The van der Waals surface area contributed by atoms with E-state index in [0.29, 0.717) is 39.1 Å². The molecule has 6 heteroatoms. The average molecular weight is 336 g/mol. The molecule has 1 N–H and O–H groups in total. The number of nitrogens with one attached hydrogen (secondary N) is 1. The standard InChI is InChI=1S/C17H24N2O3S/c1-23-12-7-15(17(21)19-8-10-22-11-9-19)18-16(20)13-14-5-3-2-4-6-14/h2-6,15H,7-13H2,1H3,(H,18,20)/t15-/m1/s1. The van der Waals surface area contributed by atoms with Gasteiger partial charge in [0.05, 0.1) is 19.6 Å². The predicted octanol–water partition coefficient (Wildman–Crippen LogP) is 1.33. The maximum atomic E-state index is 12.6. The van der Waals surface area contributed by atoms with Crippen molar-refractivity contribution < 1.29 is 14.3 Å². The Morgan fingerprint density at radius 3 is 2.61 bits per heavy atom. The van der Waals surface area contributed by atoms with E-state index in [1.165, 1.54) is 0 Å². The van der Waals surface area contributed by atoms with Gasteiger partial charge in [0.2, 0.25) is 11.8 Å². The minimum atomic E-state index is -0.447. The summed E-state index contributed by atoms with van der Waals surface area (Å²) in [6, 6.07) is 9.13. The second-order valence-electron chi connectivity index (χ2n) is 5.50. The monoisotopic (exact) mass is 336 g/mol. The smallest absolute Gasteiger partial charge is 0.245 e. The van der Waals surface area contributed by atoms with Crippen molar-refractivity contribution in [2.24, 2.45) is 0 Å². The lowest BCUT2D eigenvalue weighted by atomic mass is 10.1. The molecule has 1 fully saturated rings. The molecular weight excluding hydrogens is 312 g/mol. The Labute approximate surface area is 141 Å². The molecule has 1 heterocycles. The van der Waals surface area contributed by atoms with Gasteiger partial charge in [0.25, 0.3) is 0 Å². The van der Waals surface area contributed by atoms with Crippen molar-refractivity contribution in [2.45, 2.75) is 18.9 Å². The number of morpholine rings is 1. The minimum absolute atomic E-state index is 0.00348. The van der Waals surface area contributed by atoms with Crippen LogP contribution in [0.2, 0.25) is 0 Å². The second kappa shape index (κ2) is 9.57. The number of hydrogen-bond acceptors (Lipinski definition) is 4. The number of carbonyl (C=O) groups is 2. The lowest BCUT2D eigenvalue weighted by Crippen LogP contribution is -2.52. The van der Waals surface area contributed by atoms with Gasteiger partial charge in [0, 0.05) is 13.1 Å². The van der Waals surface area contributed by atoms with E-state index in [1.807, 2.05) is 36.6 Å². The van der Waals surface area contributed by atoms with Gasteiger partial charge in [-0.2, -0.15) is 11.8 Å². The summed E-state index contributed by atoms with van der Waals surface area (Å²) in [4.78, 5) is 26.7. The van der Waals surface area contributed by atoms with E-state index in [-0.39, 0.29) is 11.8 Å². The number of carbonyl (C=O) groups excluding carboxylic acids is 2. The molecule has 126 valence electrons. The van der Waals surface area contributed by atoms with Crippen molar-refractivity contribution in [3.8, 4) is 0 Å². The molecule has 1 aliphatic heterocycles. The van der Waals surface area contributed by atoms with Crippen LogP contribution in [-0.2, 0) is 20.7 Å². The topological polar surface area (TPSA) is 58.6 Å². The first kappa shape index (κ1) is 17.8. The molecule has 1 aromatic rings. The highest BCUT2D eigenvalue weighted by Crippen LogP contribution is 2.08. The molecule has 0 aromatic heterocycles. The molecule has 0 saturated carbocycles. The van der Waals surface area contributed by atoms with Crippen LogP contribution in [0.1, 0.15) is 12.0 Å². The van der Waals surface area contributed by atoms with Crippen molar-refractivity contribution in [2.75, 3.05) is 38.3 Å². The number of hydrogen-bond donors (Lipinski definition) is 1. The largest absolute Gasteiger partial charge is 0.378 e. The molecule has 1 atom stereocenters. The maximum Gasteiger partial charge on any atom is 0.245 e. The van der Waals surface area contributed by atoms with E-state index in [4.69, 9.17) is 4.74 Å². The van der Waals surface area contributed by atoms with Crippen molar-refractivity contribution >= 4 is 23.6 Å². The van der Waals surface area contributed by atoms with E-state index in [1.54, 1.807) is 16.7 Å². The normalized spacial score (nSPS) is 16.0. The molecular formula is C17H24N2O3S. The zero-order chi connectivity index (χ0) is 16.5. The third-order valence-corrected chi connectivity index (χ3v) is 4.42. The highest BCUT2D eigenvalue weighted by atomic mass is 32.2. The van der Waals surface area contributed by atoms with Gasteiger partial charge in [0.15, 0.2) is 0 Å². The van der Waals surface area contributed by atoms with Crippen LogP contribution in [0.15, 0.2) is 30.3 Å². The fourth-order valence-corrected chi connectivity index (χ4v) is 3.00. The molecule has 1 aliphatic rings. The summed E-state index contributed by atoms with van der Waals surface area (Å²) in [5, 5.41) is 2.91. The van der Waals surface area contributed by atoms with Crippen LogP contribution < -0.4 is 5.32 Å². The molecule has 0 bridgehead atoms. The highest BCUT2D eigenvalue weighted by Gasteiger charge is 2.26. The van der Waals surface area contributed by atoms with Crippen molar-refractivity contribution in [1.82, 2.24) is 10.2 Å². The van der Waals surface area contributed by atoms with Crippen LogP contribution in [0.25, 0.3) is 0 Å². The van der Waals surface area contributed by atoms with Gasteiger partial charge in [-0.3, -0.25) is 9.59 Å². The summed E-state index contributed by atoms with van der Waals surface area (Å²) in [6.45, 7) is 2.34. The lowest BCUT2D eigenvalue weighted by Gasteiger charge is -2.30. The van der Waals surface area contributed by atoms with Gasteiger partial charge in [0.1, 0.15) is 6.04 Å². The minimum Gasteiger partial charge on any atom is -0.378 e. The number of thioether (sulfide) groups is 1. The molecule has 1 saturated heterocycles. The molecule has 0 aliphatic carbocycles. The summed E-state index contributed by atoms with van der Waals surface area (Å²) in [6.07, 6.45) is 2.95. The Bertz CT molecular complexity index is 504. The van der Waals surface area contributed by atoms with Crippen molar-refractivity contribution in [3.63, 3.8) is 0 Å². The van der Waals surface area contributed by atoms with E-state index < -0.39 is 6.04 Å². The number of nitrogens with zero attached hydrogens (tertiary/aromatic N) is 1. The molecule has 0 spiro atoms. The Morgan fingerprint density at radius 2 is 1.96 bits per heavy atom. The number of benzene rings is 1. The zero-order valence-electron chi connectivity index (χ0n) is 13.5. The van der Waals surface area contributed by atoms with Crippen molar-refractivity contribution in [1.29, 1.82) is 0 Å². The quantitative estimate of drug-likeness (QED) is 0.816. The van der Waals surface area contributed by atoms with Gasteiger partial charge < -0.3 is 15.0 Å². The summed E-state index contributed by atoms with van der Waals surface area (Å²) >= 11 is 1.68. The molecule has 2 amide bonds. The van der Waals surface area contributed by atoms with Crippen LogP contribution in [0, 0.1) is 0 Å². The van der Waals surface area contributed by atoms with E-state index in [9.17, 15) is 9.59 Å². The summed E-state index contributed by atoms with van der Waals surface area (Å²) in [5.41, 5.74) is 0.951. The second-order valence-corrected chi connectivity index (χ2v) is 6.49. The van der Waals surface area contributed by atoms with Crippen LogP contribution in [0.4, 0.5) is 0 Å². The third-order valence-electron chi connectivity index (χ3n) is 3.77. The lowest BCUT2D eigenvalue weighted by molar-refractivity contribution is -0.139. The predicted molar refractivity (Wildman–Crippen MR) is 92.5 cm³/mol. The zero-order valence-corrected chi connectivity index (χ0v) is 14.3. The first-order valence-electron chi connectivity index (χ1n) is 7.89. The first-order chi connectivity index (χ1) is 11.2. The first-order valence-corrected chi connectivity index (χ1v) is 9.29. The Kier molecular flexibility index (Phi) is 7.42. The third kappa shape index (κ3) is 5.88. The fraction of sp³-hybridized carbons (Fsp3) is 0.529. The van der Waals surface area contributed by atoms with Crippen LogP contribution in [0.5, 0.6) is 0 Å². The molecule has 2 rings (SSSR count). The summed E-state index contributed by atoms with van der Waals surface area (Å²) in [7, 11) is 0. The SMILES string of the molecule is CSCC[C@@H](NC(=O)Cc1ccccc1)C(=O)N1CCOCC1. The van der Waals surface area contributed by atoms with E-state index in [2.05, 4.69) is 5.32 Å². The van der Waals surface area contributed by atoms with Crippen LogP contribution in [-0.4, -0.2) is 61.1 Å². The van der Waals surface area contributed by atoms with Gasteiger partial charge in [-0.1, -0.05) is 30.3 Å². The van der Waals surface area contributed by atoms with Gasteiger partial charge in [-0.25, -0.2) is 0 Å². The summed E-state index contributed by atoms with van der Waals surface area (Å²) < 4.78 is 5.29.